The fraction of sp³-hybridized carbons (Fsp3) is 0.545. The average molecular weight is 344 g/mol. The van der Waals surface area contributed by atoms with Crippen molar-refractivity contribution < 1.29 is 14.3 Å². The summed E-state index contributed by atoms with van der Waals surface area (Å²) in [6.07, 6.45) is 22.7. The van der Waals surface area contributed by atoms with Crippen molar-refractivity contribution in [2.24, 2.45) is 5.92 Å². The van der Waals surface area contributed by atoms with Gasteiger partial charge in [-0.05, 0) is 44.6 Å². The molecule has 0 saturated carbocycles. The van der Waals surface area contributed by atoms with Gasteiger partial charge in [0.05, 0.1) is 6.61 Å². The molecule has 0 saturated heterocycles. The molecular formula is C22H32O3. The summed E-state index contributed by atoms with van der Waals surface area (Å²) in [5, 5.41) is 0. The monoisotopic (exact) mass is 344 g/mol. The number of ketones is 1. The number of hydrogen-bond acceptors (Lipinski definition) is 3. The lowest BCUT2D eigenvalue weighted by molar-refractivity contribution is -0.141. The van der Waals surface area contributed by atoms with Gasteiger partial charge in [-0.25, -0.2) is 0 Å². The van der Waals surface area contributed by atoms with Gasteiger partial charge in [-0.2, -0.15) is 0 Å². The Morgan fingerprint density at radius 2 is 1.88 bits per heavy atom. The number of hydrogen-bond donors (Lipinski definition) is 0. The molecule has 3 nitrogen and oxygen atoms in total. The maximum atomic E-state index is 12.0. The summed E-state index contributed by atoms with van der Waals surface area (Å²) in [5.41, 5.74) is 0.895. The van der Waals surface area contributed by atoms with Gasteiger partial charge in [0, 0.05) is 18.4 Å². The van der Waals surface area contributed by atoms with E-state index in [-0.39, 0.29) is 17.7 Å². The van der Waals surface area contributed by atoms with Crippen molar-refractivity contribution in [1.29, 1.82) is 0 Å². The molecule has 1 rings (SSSR count). The van der Waals surface area contributed by atoms with Gasteiger partial charge in [0.15, 0.2) is 5.78 Å². The van der Waals surface area contributed by atoms with E-state index in [1.807, 2.05) is 18.2 Å². The Labute approximate surface area is 152 Å². The minimum absolute atomic E-state index is 0.137. The van der Waals surface area contributed by atoms with Gasteiger partial charge in [0.2, 0.25) is 0 Å². The molecule has 0 heterocycles. The van der Waals surface area contributed by atoms with Crippen LogP contribution in [0, 0.1) is 5.92 Å². The topological polar surface area (TPSA) is 43.4 Å². The summed E-state index contributed by atoms with van der Waals surface area (Å²) < 4.78 is 4.90. The minimum atomic E-state index is -0.216. The molecule has 0 spiro atoms. The van der Waals surface area contributed by atoms with Crippen LogP contribution in [-0.4, -0.2) is 18.4 Å². The van der Waals surface area contributed by atoms with Crippen molar-refractivity contribution in [2.75, 3.05) is 6.61 Å². The van der Waals surface area contributed by atoms with Gasteiger partial charge in [-0.3, -0.25) is 9.59 Å². The zero-order chi connectivity index (χ0) is 18.3. The van der Waals surface area contributed by atoms with Gasteiger partial charge in [0.1, 0.15) is 0 Å². The van der Waals surface area contributed by atoms with E-state index < -0.39 is 0 Å². The van der Waals surface area contributed by atoms with E-state index in [1.54, 1.807) is 6.08 Å². The van der Waals surface area contributed by atoms with Crippen molar-refractivity contribution >= 4 is 11.8 Å². The molecule has 0 aromatic carbocycles. The molecule has 1 aliphatic rings. The first-order chi connectivity index (χ1) is 12.1. The van der Waals surface area contributed by atoms with Crippen LogP contribution in [0.4, 0.5) is 0 Å². The maximum Gasteiger partial charge on any atom is 0.302 e. The predicted molar refractivity (Wildman–Crippen MR) is 103 cm³/mol. The number of carbonyl (C=O) groups excluding carboxylic acids is 2. The Bertz CT molecular complexity index is 523. The number of rotatable bonds is 12. The van der Waals surface area contributed by atoms with Crippen molar-refractivity contribution in [1.82, 2.24) is 0 Å². The molecule has 0 unspecified atom stereocenters. The van der Waals surface area contributed by atoms with Crippen LogP contribution in [0.25, 0.3) is 0 Å². The van der Waals surface area contributed by atoms with Crippen LogP contribution in [-0.2, 0) is 14.3 Å². The first kappa shape index (κ1) is 21.1. The summed E-state index contributed by atoms with van der Waals surface area (Å²) in [7, 11) is 0. The Hall–Kier alpha value is -1.90. The van der Waals surface area contributed by atoms with Crippen LogP contribution in [0.1, 0.15) is 65.2 Å². The zero-order valence-electron chi connectivity index (χ0n) is 15.7. The second-order valence-corrected chi connectivity index (χ2v) is 6.42. The zero-order valence-corrected chi connectivity index (χ0v) is 15.7. The van der Waals surface area contributed by atoms with Crippen molar-refractivity contribution in [3.8, 4) is 0 Å². The van der Waals surface area contributed by atoms with Crippen LogP contribution in [0.5, 0.6) is 0 Å². The van der Waals surface area contributed by atoms with Crippen LogP contribution < -0.4 is 0 Å². The fourth-order valence-electron chi connectivity index (χ4n) is 2.72. The lowest BCUT2D eigenvalue weighted by Gasteiger charge is -2.06. The average Bonchev–Trinajstić information content (AvgIpc) is 2.93. The van der Waals surface area contributed by atoms with Gasteiger partial charge in [-0.1, -0.05) is 56.2 Å². The summed E-state index contributed by atoms with van der Waals surface area (Å²) in [5.74, 6) is 0.120. The standard InChI is InChI=1S/C22H32O3/c1-3-4-5-6-9-12-15-21-20(16-17-22(21)24)14-11-8-7-10-13-18-25-19(2)23/h8-9,11-12,15-17,20H,3-7,10,13-14,18H2,1-2H3/b11-8-,12-9?,21-15?/t20-/m0/s1. The van der Waals surface area contributed by atoms with Crippen LogP contribution >= 0.6 is 0 Å². The summed E-state index contributed by atoms with van der Waals surface area (Å²) in [6.45, 7) is 4.13. The maximum absolute atomic E-state index is 12.0. The Morgan fingerprint density at radius 1 is 1.12 bits per heavy atom. The highest BCUT2D eigenvalue weighted by molar-refractivity contribution is 6.07. The summed E-state index contributed by atoms with van der Waals surface area (Å²) in [6, 6.07) is 0. The highest BCUT2D eigenvalue weighted by Gasteiger charge is 2.20. The SMILES string of the molecule is CCCCCC=CC=C1C(=O)C=C[C@@H]1C/C=C\CCCCOC(C)=O. The molecule has 0 aromatic heterocycles. The smallest absolute Gasteiger partial charge is 0.302 e. The van der Waals surface area contributed by atoms with Crippen LogP contribution in [0.3, 0.4) is 0 Å². The molecule has 3 heteroatoms. The first-order valence-corrected chi connectivity index (χ1v) is 9.52. The number of carbonyl (C=O) groups is 2. The number of esters is 1. The molecule has 0 fully saturated rings. The Balaban J connectivity index is 2.28. The lowest BCUT2D eigenvalue weighted by atomic mass is 9.97. The van der Waals surface area contributed by atoms with E-state index >= 15 is 0 Å². The van der Waals surface area contributed by atoms with Crippen molar-refractivity contribution in [2.45, 2.75) is 65.2 Å². The van der Waals surface area contributed by atoms with Gasteiger partial charge in [0.25, 0.3) is 0 Å². The van der Waals surface area contributed by atoms with Gasteiger partial charge in [-0.15, -0.1) is 0 Å². The van der Waals surface area contributed by atoms with Crippen LogP contribution in [0.15, 0.2) is 48.1 Å². The fourth-order valence-corrected chi connectivity index (χ4v) is 2.72. The first-order valence-electron chi connectivity index (χ1n) is 9.52. The van der Waals surface area contributed by atoms with Gasteiger partial charge < -0.3 is 4.74 Å². The van der Waals surface area contributed by atoms with Crippen LogP contribution in [0.2, 0.25) is 0 Å². The lowest BCUT2D eigenvalue weighted by Crippen LogP contribution is -2.01. The number of unbranched alkanes of at least 4 members (excludes halogenated alkanes) is 5. The molecule has 1 atom stereocenters. The largest absolute Gasteiger partial charge is 0.466 e. The molecule has 138 valence electrons. The quantitative estimate of drug-likeness (QED) is 0.204. The third-order valence-electron chi connectivity index (χ3n) is 4.18. The molecule has 1 aliphatic carbocycles. The third-order valence-corrected chi connectivity index (χ3v) is 4.18. The molecule has 0 aliphatic heterocycles. The van der Waals surface area contributed by atoms with E-state index in [4.69, 9.17) is 4.74 Å². The molecular weight excluding hydrogens is 312 g/mol. The van der Waals surface area contributed by atoms with E-state index in [1.165, 1.54) is 26.2 Å². The number of ether oxygens (including phenoxy) is 1. The molecule has 0 aromatic rings. The third kappa shape index (κ3) is 9.85. The molecule has 0 radical (unpaired) electrons. The highest BCUT2D eigenvalue weighted by Crippen LogP contribution is 2.25. The van der Waals surface area contributed by atoms with E-state index in [0.29, 0.717) is 6.61 Å². The van der Waals surface area contributed by atoms with Gasteiger partial charge >= 0.3 is 5.97 Å². The Kier molecular flexibility index (Phi) is 11.3. The summed E-state index contributed by atoms with van der Waals surface area (Å²) in [4.78, 5) is 22.6. The van der Waals surface area contributed by atoms with Crippen molar-refractivity contribution in [3.63, 3.8) is 0 Å². The van der Waals surface area contributed by atoms with Crippen molar-refractivity contribution in [3.05, 3.63) is 48.1 Å². The predicted octanol–water partition coefficient (Wildman–Crippen LogP) is 5.48. The van der Waals surface area contributed by atoms with E-state index in [0.717, 1.165) is 37.7 Å². The molecule has 0 amide bonds. The minimum Gasteiger partial charge on any atom is -0.466 e. The van der Waals surface area contributed by atoms with E-state index in [2.05, 4.69) is 25.2 Å². The second kappa shape index (κ2) is 13.4. The summed E-state index contributed by atoms with van der Waals surface area (Å²) >= 11 is 0. The van der Waals surface area contributed by atoms with E-state index in [9.17, 15) is 9.59 Å². The normalized spacial score (nSPS) is 18.9. The highest BCUT2D eigenvalue weighted by atomic mass is 16.5. The second-order valence-electron chi connectivity index (χ2n) is 6.42. The number of allylic oxidation sites excluding steroid dienone is 8. The molecule has 25 heavy (non-hydrogen) atoms. The Morgan fingerprint density at radius 3 is 2.64 bits per heavy atom. The molecule has 0 bridgehead atoms. The molecule has 0 N–H and O–H groups in total.